The molecule has 1 unspecified atom stereocenters. The highest BCUT2D eigenvalue weighted by atomic mass is 32.1. The van der Waals surface area contributed by atoms with Gasteiger partial charge in [0.05, 0.1) is 4.92 Å². The minimum atomic E-state index is -0.383. The SMILES string of the molecule is O=[N+]([O-])c1ccccc1NC(c1ccccc1)c1nccs1. The number of benzene rings is 2. The van der Waals surface area contributed by atoms with Crippen LogP contribution >= 0.6 is 11.3 Å². The van der Waals surface area contributed by atoms with Gasteiger partial charge in [-0.05, 0) is 11.6 Å². The number of rotatable bonds is 5. The Morgan fingerprint density at radius 1 is 1.09 bits per heavy atom. The number of nitro benzene ring substituents is 1. The first-order valence-corrected chi connectivity index (χ1v) is 7.58. The van der Waals surface area contributed by atoms with Crippen LogP contribution in [-0.4, -0.2) is 9.91 Å². The Balaban J connectivity index is 2.00. The van der Waals surface area contributed by atoms with Gasteiger partial charge in [-0.1, -0.05) is 42.5 Å². The zero-order chi connectivity index (χ0) is 15.4. The quantitative estimate of drug-likeness (QED) is 0.565. The fourth-order valence-electron chi connectivity index (χ4n) is 2.22. The summed E-state index contributed by atoms with van der Waals surface area (Å²) < 4.78 is 0. The molecule has 5 nitrogen and oxygen atoms in total. The Bertz CT molecular complexity index is 760. The first-order chi connectivity index (χ1) is 10.8. The summed E-state index contributed by atoms with van der Waals surface area (Å²) in [6, 6.07) is 16.2. The molecule has 6 heteroatoms. The standard InChI is InChI=1S/C16H13N3O2S/c20-19(21)14-9-5-4-8-13(14)18-15(16-17-10-11-22-16)12-6-2-1-3-7-12/h1-11,15,18H. The van der Waals surface area contributed by atoms with Crippen molar-refractivity contribution in [3.8, 4) is 0 Å². The van der Waals surface area contributed by atoms with Crippen LogP contribution in [0.3, 0.4) is 0 Å². The summed E-state index contributed by atoms with van der Waals surface area (Å²) in [5.74, 6) is 0. The molecule has 0 radical (unpaired) electrons. The van der Waals surface area contributed by atoms with Crippen LogP contribution in [0.2, 0.25) is 0 Å². The predicted molar refractivity (Wildman–Crippen MR) is 87.1 cm³/mol. The number of nitro groups is 1. The van der Waals surface area contributed by atoms with Gasteiger partial charge in [0.25, 0.3) is 5.69 Å². The summed E-state index contributed by atoms with van der Waals surface area (Å²) in [6.07, 6.45) is 1.73. The van der Waals surface area contributed by atoms with E-state index >= 15 is 0 Å². The first kappa shape index (κ1) is 14.2. The van der Waals surface area contributed by atoms with Gasteiger partial charge in [0.2, 0.25) is 0 Å². The number of thiazole rings is 1. The molecule has 0 saturated heterocycles. The molecule has 0 aliphatic rings. The van der Waals surface area contributed by atoms with Gasteiger partial charge in [0.15, 0.2) is 0 Å². The van der Waals surface area contributed by atoms with Crippen molar-refractivity contribution in [3.05, 3.63) is 86.9 Å². The Morgan fingerprint density at radius 2 is 1.82 bits per heavy atom. The van der Waals surface area contributed by atoms with Crippen LogP contribution in [0.25, 0.3) is 0 Å². The van der Waals surface area contributed by atoms with E-state index in [2.05, 4.69) is 10.3 Å². The molecule has 0 aliphatic carbocycles. The van der Waals surface area contributed by atoms with Gasteiger partial charge in [0.1, 0.15) is 16.7 Å². The van der Waals surface area contributed by atoms with Crippen LogP contribution in [-0.2, 0) is 0 Å². The van der Waals surface area contributed by atoms with E-state index in [1.807, 2.05) is 35.7 Å². The minimum absolute atomic E-state index is 0.0555. The van der Waals surface area contributed by atoms with Gasteiger partial charge in [-0.25, -0.2) is 4.98 Å². The smallest absolute Gasteiger partial charge is 0.292 e. The molecule has 2 aromatic carbocycles. The average Bonchev–Trinajstić information content (AvgIpc) is 3.08. The molecular weight excluding hydrogens is 298 g/mol. The number of para-hydroxylation sites is 2. The van der Waals surface area contributed by atoms with Crippen LogP contribution in [0.1, 0.15) is 16.6 Å². The summed E-state index contributed by atoms with van der Waals surface area (Å²) in [6.45, 7) is 0. The molecule has 0 amide bonds. The molecule has 0 saturated carbocycles. The third-order valence-electron chi connectivity index (χ3n) is 3.23. The maximum absolute atomic E-state index is 11.2. The van der Waals surface area contributed by atoms with Crippen LogP contribution in [0, 0.1) is 10.1 Å². The molecule has 1 N–H and O–H groups in total. The summed E-state index contributed by atoms with van der Waals surface area (Å²) in [5.41, 5.74) is 1.55. The molecule has 3 aromatic rings. The fraction of sp³-hybridized carbons (Fsp3) is 0.0625. The molecule has 22 heavy (non-hydrogen) atoms. The normalized spacial score (nSPS) is 11.8. The second kappa shape index (κ2) is 6.36. The summed E-state index contributed by atoms with van der Waals surface area (Å²) >= 11 is 1.52. The third kappa shape index (κ3) is 2.96. The lowest BCUT2D eigenvalue weighted by atomic mass is 10.1. The Hall–Kier alpha value is -2.73. The minimum Gasteiger partial charge on any atom is -0.366 e. The van der Waals surface area contributed by atoms with Crippen LogP contribution in [0.15, 0.2) is 66.2 Å². The molecular formula is C16H13N3O2S. The van der Waals surface area contributed by atoms with E-state index in [1.54, 1.807) is 24.4 Å². The highest BCUT2D eigenvalue weighted by molar-refractivity contribution is 7.09. The van der Waals surface area contributed by atoms with Crippen molar-refractivity contribution in [3.63, 3.8) is 0 Å². The van der Waals surface area contributed by atoms with Crippen LogP contribution < -0.4 is 5.32 Å². The molecule has 1 atom stereocenters. The van der Waals surface area contributed by atoms with E-state index in [-0.39, 0.29) is 16.7 Å². The maximum Gasteiger partial charge on any atom is 0.292 e. The van der Waals surface area contributed by atoms with E-state index in [0.717, 1.165) is 10.6 Å². The molecule has 1 aromatic heterocycles. The summed E-state index contributed by atoms with van der Waals surface area (Å²) in [4.78, 5) is 15.1. The zero-order valence-electron chi connectivity index (χ0n) is 11.5. The molecule has 3 rings (SSSR count). The molecule has 0 bridgehead atoms. The van der Waals surface area contributed by atoms with Gasteiger partial charge in [-0.15, -0.1) is 11.3 Å². The fourth-order valence-corrected chi connectivity index (χ4v) is 2.93. The second-order valence-corrected chi connectivity index (χ2v) is 5.56. The number of hydrogen-bond acceptors (Lipinski definition) is 5. The first-order valence-electron chi connectivity index (χ1n) is 6.70. The Kier molecular flexibility index (Phi) is 4.11. The number of anilines is 1. The van der Waals surface area contributed by atoms with Gasteiger partial charge in [-0.2, -0.15) is 0 Å². The second-order valence-electron chi connectivity index (χ2n) is 4.63. The van der Waals surface area contributed by atoms with Crippen molar-refractivity contribution in [2.45, 2.75) is 6.04 Å². The van der Waals surface area contributed by atoms with Crippen molar-refractivity contribution in [1.29, 1.82) is 0 Å². The zero-order valence-corrected chi connectivity index (χ0v) is 12.4. The number of hydrogen-bond donors (Lipinski definition) is 1. The Labute approximate surface area is 131 Å². The topological polar surface area (TPSA) is 68.1 Å². The average molecular weight is 311 g/mol. The summed E-state index contributed by atoms with van der Waals surface area (Å²) in [5, 5.41) is 17.2. The third-order valence-corrected chi connectivity index (χ3v) is 4.07. The van der Waals surface area contributed by atoms with Gasteiger partial charge in [-0.3, -0.25) is 10.1 Å². The van der Waals surface area contributed by atoms with E-state index in [9.17, 15) is 10.1 Å². The van der Waals surface area contributed by atoms with Crippen LogP contribution in [0.4, 0.5) is 11.4 Å². The molecule has 1 heterocycles. The number of aromatic nitrogens is 1. The van der Waals surface area contributed by atoms with Crippen molar-refractivity contribution in [1.82, 2.24) is 4.98 Å². The van der Waals surface area contributed by atoms with Crippen LogP contribution in [0.5, 0.6) is 0 Å². The van der Waals surface area contributed by atoms with Gasteiger partial charge >= 0.3 is 0 Å². The molecule has 0 spiro atoms. The highest BCUT2D eigenvalue weighted by Gasteiger charge is 2.20. The monoisotopic (exact) mass is 311 g/mol. The lowest BCUT2D eigenvalue weighted by molar-refractivity contribution is -0.384. The largest absolute Gasteiger partial charge is 0.366 e. The van der Waals surface area contributed by atoms with E-state index in [1.165, 1.54) is 17.4 Å². The van der Waals surface area contributed by atoms with Crippen molar-refractivity contribution < 1.29 is 4.92 Å². The maximum atomic E-state index is 11.2. The van der Waals surface area contributed by atoms with E-state index in [4.69, 9.17) is 0 Å². The number of nitrogens with one attached hydrogen (secondary N) is 1. The lowest BCUT2D eigenvalue weighted by Crippen LogP contribution is -2.13. The van der Waals surface area contributed by atoms with Crippen molar-refractivity contribution in [2.24, 2.45) is 0 Å². The molecule has 0 fully saturated rings. The molecule has 0 aliphatic heterocycles. The van der Waals surface area contributed by atoms with Crippen molar-refractivity contribution >= 4 is 22.7 Å². The van der Waals surface area contributed by atoms with Gasteiger partial charge in [0, 0.05) is 17.6 Å². The Morgan fingerprint density at radius 3 is 2.50 bits per heavy atom. The van der Waals surface area contributed by atoms with Gasteiger partial charge < -0.3 is 5.32 Å². The lowest BCUT2D eigenvalue weighted by Gasteiger charge is -2.18. The number of nitrogens with zero attached hydrogens (tertiary/aromatic N) is 2. The van der Waals surface area contributed by atoms with E-state index < -0.39 is 0 Å². The predicted octanol–water partition coefficient (Wildman–Crippen LogP) is 4.25. The van der Waals surface area contributed by atoms with E-state index in [0.29, 0.717) is 5.69 Å². The molecule has 110 valence electrons. The highest BCUT2D eigenvalue weighted by Crippen LogP contribution is 2.32. The van der Waals surface area contributed by atoms with Crippen molar-refractivity contribution in [2.75, 3.05) is 5.32 Å². The summed E-state index contributed by atoms with van der Waals surface area (Å²) in [7, 11) is 0.